The minimum atomic E-state index is 0.476. The van der Waals surface area contributed by atoms with Gasteiger partial charge in [0.2, 0.25) is 0 Å². The lowest BCUT2D eigenvalue weighted by Crippen LogP contribution is -2.02. The van der Waals surface area contributed by atoms with E-state index >= 15 is 0 Å². The molecule has 0 aliphatic rings. The molecule has 2 nitrogen and oxygen atoms in total. The highest BCUT2D eigenvalue weighted by Crippen LogP contribution is 2.33. The van der Waals surface area contributed by atoms with Gasteiger partial charge in [0.1, 0.15) is 5.03 Å². The van der Waals surface area contributed by atoms with Crippen molar-refractivity contribution in [3.05, 3.63) is 51.6 Å². The summed E-state index contributed by atoms with van der Waals surface area (Å²) in [5.41, 5.74) is 7.97. The highest BCUT2D eigenvalue weighted by molar-refractivity contribution is 7.99. The first-order valence-electron chi connectivity index (χ1n) is 5.39. The smallest absolute Gasteiger partial charge is 0.105 e. The normalized spacial score (nSPS) is 10.7. The van der Waals surface area contributed by atoms with Gasteiger partial charge in [0.15, 0.2) is 0 Å². The number of aryl methyl sites for hydroxylation is 1. The van der Waals surface area contributed by atoms with Gasteiger partial charge in [0, 0.05) is 23.2 Å². The number of benzene rings is 1. The van der Waals surface area contributed by atoms with E-state index in [4.69, 9.17) is 28.9 Å². The van der Waals surface area contributed by atoms with Gasteiger partial charge < -0.3 is 5.73 Å². The highest BCUT2D eigenvalue weighted by Gasteiger charge is 2.08. The third kappa shape index (κ3) is 2.98. The largest absolute Gasteiger partial charge is 0.326 e. The van der Waals surface area contributed by atoms with E-state index in [2.05, 4.69) is 4.98 Å². The number of halogens is 2. The molecule has 0 spiro atoms. The first-order valence-corrected chi connectivity index (χ1v) is 6.96. The van der Waals surface area contributed by atoms with Crippen LogP contribution in [0.2, 0.25) is 10.0 Å². The van der Waals surface area contributed by atoms with Gasteiger partial charge in [-0.3, -0.25) is 0 Å². The lowest BCUT2D eigenvalue weighted by atomic mass is 10.2. The summed E-state index contributed by atoms with van der Waals surface area (Å²) < 4.78 is 0. The van der Waals surface area contributed by atoms with Crippen LogP contribution in [-0.2, 0) is 6.54 Å². The van der Waals surface area contributed by atoms with Crippen molar-refractivity contribution in [3.8, 4) is 0 Å². The molecule has 0 unspecified atom stereocenters. The lowest BCUT2D eigenvalue weighted by Gasteiger charge is -2.09. The van der Waals surface area contributed by atoms with Crippen molar-refractivity contribution < 1.29 is 0 Å². The van der Waals surface area contributed by atoms with E-state index in [0.29, 0.717) is 16.6 Å². The third-order valence-corrected chi connectivity index (χ3v) is 4.33. The molecule has 0 aliphatic carbocycles. The van der Waals surface area contributed by atoms with Gasteiger partial charge in [0.25, 0.3) is 0 Å². The summed E-state index contributed by atoms with van der Waals surface area (Å²) >= 11 is 13.4. The number of hydrogen-bond acceptors (Lipinski definition) is 3. The fourth-order valence-corrected chi connectivity index (χ4v) is 2.93. The van der Waals surface area contributed by atoms with Crippen LogP contribution in [0, 0.1) is 6.92 Å². The topological polar surface area (TPSA) is 38.9 Å². The maximum atomic E-state index is 5.99. The molecule has 5 heteroatoms. The Morgan fingerprint density at radius 2 is 2.00 bits per heavy atom. The van der Waals surface area contributed by atoms with Gasteiger partial charge in [0.05, 0.1) is 10.0 Å². The van der Waals surface area contributed by atoms with E-state index < -0.39 is 0 Å². The number of nitrogens with zero attached hydrogens (tertiary/aromatic N) is 1. The van der Waals surface area contributed by atoms with E-state index in [1.54, 1.807) is 24.0 Å². The summed E-state index contributed by atoms with van der Waals surface area (Å²) in [5.74, 6) is 0. The third-order valence-electron chi connectivity index (χ3n) is 2.56. The second-order valence-electron chi connectivity index (χ2n) is 3.79. The highest BCUT2D eigenvalue weighted by atomic mass is 35.5. The molecule has 0 amide bonds. The van der Waals surface area contributed by atoms with Crippen LogP contribution >= 0.6 is 35.0 Å². The molecule has 1 aromatic carbocycles. The summed E-state index contributed by atoms with van der Waals surface area (Å²) in [6, 6.07) is 7.49. The Balaban J connectivity index is 2.34. The number of rotatable bonds is 3. The van der Waals surface area contributed by atoms with E-state index in [9.17, 15) is 0 Å². The van der Waals surface area contributed by atoms with Crippen LogP contribution in [0.3, 0.4) is 0 Å². The first kappa shape index (κ1) is 13.7. The average Bonchev–Trinajstić information content (AvgIpc) is 2.34. The van der Waals surface area contributed by atoms with Crippen molar-refractivity contribution in [2.45, 2.75) is 23.4 Å². The Hall–Kier alpha value is -0.740. The second-order valence-corrected chi connectivity index (χ2v) is 5.67. The van der Waals surface area contributed by atoms with E-state index in [1.807, 2.05) is 25.1 Å². The predicted molar refractivity (Wildman–Crippen MR) is 77.5 cm³/mol. The Bertz CT molecular complexity index is 573. The van der Waals surface area contributed by atoms with Crippen molar-refractivity contribution >= 4 is 35.0 Å². The number of hydrogen-bond donors (Lipinski definition) is 1. The van der Waals surface area contributed by atoms with Crippen LogP contribution in [-0.4, -0.2) is 4.98 Å². The first-order chi connectivity index (χ1) is 8.61. The van der Waals surface area contributed by atoms with Crippen molar-refractivity contribution in [1.82, 2.24) is 4.98 Å². The Labute approximate surface area is 121 Å². The van der Waals surface area contributed by atoms with Gasteiger partial charge in [-0.15, -0.1) is 0 Å². The van der Waals surface area contributed by atoms with E-state index in [-0.39, 0.29) is 0 Å². The minimum absolute atomic E-state index is 0.476. The number of pyridine rings is 1. The van der Waals surface area contributed by atoms with Crippen LogP contribution in [0.5, 0.6) is 0 Å². The molecule has 1 aromatic heterocycles. The van der Waals surface area contributed by atoms with Crippen LogP contribution < -0.4 is 5.73 Å². The Morgan fingerprint density at radius 1 is 1.22 bits per heavy atom. The van der Waals surface area contributed by atoms with Crippen LogP contribution in [0.4, 0.5) is 0 Å². The standard InChI is InChI=1S/C13H12Cl2N2S/c1-8-4-5-17-13(10(8)7-16)18-9-2-3-11(14)12(15)6-9/h2-6H,7,16H2,1H3. The molecule has 0 aliphatic heterocycles. The predicted octanol–water partition coefficient (Wildman–Crippen LogP) is 4.31. The van der Waals surface area contributed by atoms with Crippen LogP contribution in [0.25, 0.3) is 0 Å². The zero-order valence-electron chi connectivity index (χ0n) is 9.78. The van der Waals surface area contributed by atoms with Gasteiger partial charge >= 0.3 is 0 Å². The zero-order valence-corrected chi connectivity index (χ0v) is 12.1. The van der Waals surface area contributed by atoms with Gasteiger partial charge in [-0.1, -0.05) is 35.0 Å². The molecular formula is C13H12Cl2N2S. The average molecular weight is 299 g/mol. The molecular weight excluding hydrogens is 287 g/mol. The van der Waals surface area contributed by atoms with Gasteiger partial charge in [-0.25, -0.2) is 4.98 Å². The summed E-state index contributed by atoms with van der Waals surface area (Å²) in [4.78, 5) is 5.36. The summed E-state index contributed by atoms with van der Waals surface area (Å²) in [7, 11) is 0. The Morgan fingerprint density at radius 3 is 2.67 bits per heavy atom. The monoisotopic (exact) mass is 298 g/mol. The summed E-state index contributed by atoms with van der Waals surface area (Å²) in [6.07, 6.45) is 1.79. The number of nitrogens with two attached hydrogens (primary N) is 1. The van der Waals surface area contributed by atoms with Crippen molar-refractivity contribution in [3.63, 3.8) is 0 Å². The lowest BCUT2D eigenvalue weighted by molar-refractivity contribution is 0.943. The second kappa shape index (κ2) is 5.93. The van der Waals surface area contributed by atoms with Crippen LogP contribution in [0.1, 0.15) is 11.1 Å². The minimum Gasteiger partial charge on any atom is -0.326 e. The molecule has 18 heavy (non-hydrogen) atoms. The quantitative estimate of drug-likeness (QED) is 0.918. The fourth-order valence-electron chi connectivity index (χ4n) is 1.55. The summed E-state index contributed by atoms with van der Waals surface area (Å²) in [5, 5.41) is 2.01. The molecule has 0 radical (unpaired) electrons. The molecule has 2 N–H and O–H groups in total. The molecule has 0 bridgehead atoms. The van der Waals surface area contributed by atoms with Crippen LogP contribution in [0.15, 0.2) is 40.4 Å². The van der Waals surface area contributed by atoms with Gasteiger partial charge in [-0.2, -0.15) is 0 Å². The molecule has 1 heterocycles. The Kier molecular flexibility index (Phi) is 4.51. The molecule has 2 aromatic rings. The maximum Gasteiger partial charge on any atom is 0.105 e. The SMILES string of the molecule is Cc1ccnc(Sc2ccc(Cl)c(Cl)c2)c1CN. The van der Waals surface area contributed by atoms with Gasteiger partial charge in [-0.05, 0) is 36.8 Å². The molecule has 0 saturated carbocycles. The molecule has 2 rings (SSSR count). The molecule has 0 saturated heterocycles. The molecule has 0 atom stereocenters. The molecule has 0 fully saturated rings. The van der Waals surface area contributed by atoms with E-state index in [1.165, 1.54) is 0 Å². The fraction of sp³-hybridized carbons (Fsp3) is 0.154. The van der Waals surface area contributed by atoms with Crippen molar-refractivity contribution in [2.24, 2.45) is 5.73 Å². The number of aromatic nitrogens is 1. The zero-order chi connectivity index (χ0) is 13.1. The van der Waals surface area contributed by atoms with Crippen molar-refractivity contribution in [1.29, 1.82) is 0 Å². The maximum absolute atomic E-state index is 5.99. The summed E-state index contributed by atoms with van der Waals surface area (Å²) in [6.45, 7) is 2.51. The van der Waals surface area contributed by atoms with Crippen molar-refractivity contribution in [2.75, 3.05) is 0 Å². The van der Waals surface area contributed by atoms with E-state index in [0.717, 1.165) is 21.0 Å². The molecule has 94 valence electrons.